The predicted octanol–water partition coefficient (Wildman–Crippen LogP) is -0.101. The van der Waals surface area contributed by atoms with Crippen LogP contribution in [0.2, 0.25) is 0 Å². The molecule has 2 unspecified atom stereocenters. The Labute approximate surface area is 70.2 Å². The standard InChI is InChI=1S/C7H13NO4/c1-3-7(8,6(11)12)4(2)5(9)10/h4H,3,8H2,1-2H3,(H,9,10)(H,11,12). The zero-order valence-corrected chi connectivity index (χ0v) is 7.07. The SMILES string of the molecule is CCC(N)(C(=O)O)C(C)C(=O)O. The minimum Gasteiger partial charge on any atom is -0.481 e. The lowest BCUT2D eigenvalue weighted by molar-refractivity contribution is -0.155. The average molecular weight is 175 g/mol. The van der Waals surface area contributed by atoms with Crippen LogP contribution in [0.25, 0.3) is 0 Å². The highest BCUT2D eigenvalue weighted by molar-refractivity contribution is 5.86. The Morgan fingerprint density at radius 3 is 2.00 bits per heavy atom. The van der Waals surface area contributed by atoms with Crippen LogP contribution in [-0.4, -0.2) is 27.7 Å². The van der Waals surface area contributed by atoms with Crippen LogP contribution in [0.5, 0.6) is 0 Å². The molecule has 0 fully saturated rings. The molecule has 70 valence electrons. The van der Waals surface area contributed by atoms with Gasteiger partial charge < -0.3 is 15.9 Å². The number of carboxylic acid groups (broad SMARTS) is 2. The van der Waals surface area contributed by atoms with Crippen LogP contribution in [0.3, 0.4) is 0 Å². The predicted molar refractivity (Wildman–Crippen MR) is 41.6 cm³/mol. The Hall–Kier alpha value is -1.10. The van der Waals surface area contributed by atoms with E-state index < -0.39 is 23.4 Å². The third kappa shape index (κ3) is 1.73. The first-order chi connectivity index (χ1) is 5.36. The van der Waals surface area contributed by atoms with Crippen LogP contribution in [0.15, 0.2) is 0 Å². The number of hydrogen-bond acceptors (Lipinski definition) is 3. The molecule has 0 aromatic rings. The van der Waals surface area contributed by atoms with Crippen LogP contribution in [0.4, 0.5) is 0 Å². The van der Waals surface area contributed by atoms with Crippen LogP contribution in [-0.2, 0) is 9.59 Å². The molecular weight excluding hydrogens is 162 g/mol. The molecule has 5 nitrogen and oxygen atoms in total. The van der Waals surface area contributed by atoms with Crippen LogP contribution >= 0.6 is 0 Å². The highest BCUT2D eigenvalue weighted by Gasteiger charge is 2.42. The van der Waals surface area contributed by atoms with Gasteiger partial charge in [0.05, 0.1) is 5.92 Å². The normalized spacial score (nSPS) is 17.9. The third-order valence-corrected chi connectivity index (χ3v) is 2.13. The van der Waals surface area contributed by atoms with Crippen molar-refractivity contribution >= 4 is 11.9 Å². The maximum Gasteiger partial charge on any atom is 0.324 e. The molecule has 0 aromatic carbocycles. The lowest BCUT2D eigenvalue weighted by atomic mass is 9.84. The topological polar surface area (TPSA) is 101 Å². The van der Waals surface area contributed by atoms with Crippen LogP contribution < -0.4 is 5.73 Å². The molecule has 0 aliphatic carbocycles. The van der Waals surface area contributed by atoms with Crippen molar-refractivity contribution in [3.05, 3.63) is 0 Å². The lowest BCUT2D eigenvalue weighted by Crippen LogP contribution is -2.55. The van der Waals surface area contributed by atoms with Crippen molar-refractivity contribution < 1.29 is 19.8 Å². The Balaban J connectivity index is 4.75. The Kier molecular flexibility index (Phi) is 3.21. The summed E-state index contributed by atoms with van der Waals surface area (Å²) in [4.78, 5) is 21.1. The molecule has 0 amide bonds. The van der Waals surface area contributed by atoms with Crippen molar-refractivity contribution in [1.29, 1.82) is 0 Å². The van der Waals surface area contributed by atoms with Crippen molar-refractivity contribution in [2.45, 2.75) is 25.8 Å². The van der Waals surface area contributed by atoms with E-state index in [9.17, 15) is 9.59 Å². The Morgan fingerprint density at radius 2 is 1.92 bits per heavy atom. The van der Waals surface area contributed by atoms with E-state index in [1.54, 1.807) is 6.92 Å². The lowest BCUT2D eigenvalue weighted by Gasteiger charge is -2.26. The molecule has 5 heteroatoms. The zero-order valence-electron chi connectivity index (χ0n) is 7.07. The molecule has 0 saturated carbocycles. The summed E-state index contributed by atoms with van der Waals surface area (Å²) in [5.41, 5.74) is 3.74. The molecule has 0 aliphatic rings. The van der Waals surface area contributed by atoms with E-state index in [4.69, 9.17) is 15.9 Å². The van der Waals surface area contributed by atoms with Crippen molar-refractivity contribution in [3.8, 4) is 0 Å². The van der Waals surface area contributed by atoms with E-state index in [1.165, 1.54) is 6.92 Å². The molecule has 0 radical (unpaired) electrons. The first kappa shape index (κ1) is 10.9. The second kappa shape index (κ2) is 3.53. The van der Waals surface area contributed by atoms with E-state index in [-0.39, 0.29) is 6.42 Å². The van der Waals surface area contributed by atoms with Gasteiger partial charge in [0.25, 0.3) is 0 Å². The van der Waals surface area contributed by atoms with Crippen molar-refractivity contribution in [2.75, 3.05) is 0 Å². The van der Waals surface area contributed by atoms with E-state index in [2.05, 4.69) is 0 Å². The van der Waals surface area contributed by atoms with E-state index in [1.807, 2.05) is 0 Å². The first-order valence-corrected chi connectivity index (χ1v) is 3.61. The Bertz CT molecular complexity index is 204. The maximum atomic E-state index is 10.6. The second-order valence-corrected chi connectivity index (χ2v) is 2.76. The van der Waals surface area contributed by atoms with Gasteiger partial charge in [0.2, 0.25) is 0 Å². The highest BCUT2D eigenvalue weighted by Crippen LogP contribution is 2.18. The molecular formula is C7H13NO4. The summed E-state index contributed by atoms with van der Waals surface area (Å²) in [5, 5.41) is 17.2. The van der Waals surface area contributed by atoms with Gasteiger partial charge in [0.1, 0.15) is 5.54 Å². The average Bonchev–Trinajstić information content (AvgIpc) is 2.01. The number of nitrogens with two attached hydrogens (primary N) is 1. The summed E-state index contributed by atoms with van der Waals surface area (Å²) < 4.78 is 0. The van der Waals surface area contributed by atoms with Gasteiger partial charge in [-0.3, -0.25) is 9.59 Å². The van der Waals surface area contributed by atoms with E-state index in [0.717, 1.165) is 0 Å². The summed E-state index contributed by atoms with van der Waals surface area (Å²) in [6, 6.07) is 0. The number of rotatable bonds is 4. The van der Waals surface area contributed by atoms with Gasteiger partial charge in [-0.15, -0.1) is 0 Å². The van der Waals surface area contributed by atoms with Crippen LogP contribution in [0, 0.1) is 5.92 Å². The molecule has 0 heterocycles. The number of aliphatic carboxylic acids is 2. The molecule has 0 bridgehead atoms. The van der Waals surface area contributed by atoms with Gasteiger partial charge in [0.15, 0.2) is 0 Å². The van der Waals surface area contributed by atoms with Gasteiger partial charge in [-0.05, 0) is 13.3 Å². The fraction of sp³-hybridized carbons (Fsp3) is 0.714. The van der Waals surface area contributed by atoms with Gasteiger partial charge in [-0.1, -0.05) is 6.92 Å². The molecule has 0 rings (SSSR count). The van der Waals surface area contributed by atoms with Gasteiger partial charge in [-0.2, -0.15) is 0 Å². The largest absolute Gasteiger partial charge is 0.481 e. The van der Waals surface area contributed by atoms with Gasteiger partial charge in [-0.25, -0.2) is 0 Å². The summed E-state index contributed by atoms with van der Waals surface area (Å²) >= 11 is 0. The minimum atomic E-state index is -1.66. The Morgan fingerprint density at radius 1 is 1.50 bits per heavy atom. The maximum absolute atomic E-state index is 10.6. The fourth-order valence-electron chi connectivity index (χ4n) is 0.863. The smallest absolute Gasteiger partial charge is 0.324 e. The molecule has 0 saturated heterocycles. The monoisotopic (exact) mass is 175 g/mol. The molecule has 0 spiro atoms. The number of carbonyl (C=O) groups is 2. The summed E-state index contributed by atoms with van der Waals surface area (Å²) in [5.74, 6) is -3.55. The second-order valence-electron chi connectivity index (χ2n) is 2.76. The number of hydrogen-bond donors (Lipinski definition) is 3. The fourth-order valence-corrected chi connectivity index (χ4v) is 0.863. The highest BCUT2D eigenvalue weighted by atomic mass is 16.4. The molecule has 0 aromatic heterocycles. The number of carboxylic acids is 2. The molecule has 12 heavy (non-hydrogen) atoms. The van der Waals surface area contributed by atoms with Gasteiger partial charge >= 0.3 is 11.9 Å². The molecule has 2 atom stereocenters. The summed E-state index contributed by atoms with van der Waals surface area (Å²) in [6.07, 6.45) is 0.0931. The summed E-state index contributed by atoms with van der Waals surface area (Å²) in [6.45, 7) is 2.84. The van der Waals surface area contributed by atoms with Crippen molar-refractivity contribution in [2.24, 2.45) is 11.7 Å². The van der Waals surface area contributed by atoms with Gasteiger partial charge in [0, 0.05) is 0 Å². The third-order valence-electron chi connectivity index (χ3n) is 2.13. The first-order valence-electron chi connectivity index (χ1n) is 3.61. The quantitative estimate of drug-likeness (QED) is 0.553. The molecule has 4 N–H and O–H groups in total. The molecule has 0 aliphatic heterocycles. The minimum absolute atomic E-state index is 0.0931. The van der Waals surface area contributed by atoms with Crippen LogP contribution in [0.1, 0.15) is 20.3 Å². The zero-order chi connectivity index (χ0) is 9.94. The van der Waals surface area contributed by atoms with Crippen molar-refractivity contribution in [3.63, 3.8) is 0 Å². The van der Waals surface area contributed by atoms with Crippen molar-refractivity contribution in [1.82, 2.24) is 0 Å². The van der Waals surface area contributed by atoms with E-state index >= 15 is 0 Å². The summed E-state index contributed by atoms with van der Waals surface area (Å²) in [7, 11) is 0. The van der Waals surface area contributed by atoms with E-state index in [0.29, 0.717) is 0 Å².